The van der Waals surface area contributed by atoms with Gasteiger partial charge in [0.25, 0.3) is 0 Å². The van der Waals surface area contributed by atoms with Gasteiger partial charge in [0.15, 0.2) is 9.84 Å². The van der Waals surface area contributed by atoms with Crippen molar-refractivity contribution < 1.29 is 17.9 Å². The van der Waals surface area contributed by atoms with Crippen molar-refractivity contribution in [2.24, 2.45) is 0 Å². The van der Waals surface area contributed by atoms with Crippen molar-refractivity contribution in [3.05, 3.63) is 0 Å². The number of carbonyl (C=O) groups is 1. The van der Waals surface area contributed by atoms with E-state index in [1.54, 1.807) is 20.8 Å². The number of nitrogens with one attached hydrogen (secondary N) is 2. The number of ether oxygens (including phenoxy) is 1. The smallest absolute Gasteiger partial charge is 0.407 e. The van der Waals surface area contributed by atoms with E-state index in [0.29, 0.717) is 19.5 Å². The highest BCUT2D eigenvalue weighted by atomic mass is 32.2. The number of hydrogen-bond acceptors (Lipinski definition) is 5. The maximum Gasteiger partial charge on any atom is 0.407 e. The van der Waals surface area contributed by atoms with Gasteiger partial charge in [-0.25, -0.2) is 13.2 Å². The molecule has 0 aromatic carbocycles. The molecule has 19 heavy (non-hydrogen) atoms. The highest BCUT2D eigenvalue weighted by Gasteiger charge is 2.37. The molecule has 2 N–H and O–H groups in total. The monoisotopic (exact) mass is 292 g/mol. The Balaban J connectivity index is 2.23. The summed E-state index contributed by atoms with van der Waals surface area (Å²) >= 11 is 0. The zero-order chi connectivity index (χ0) is 14.7. The first-order valence-corrected chi connectivity index (χ1v) is 8.26. The summed E-state index contributed by atoms with van der Waals surface area (Å²) in [4.78, 5) is 11.4. The van der Waals surface area contributed by atoms with Crippen molar-refractivity contribution >= 4 is 15.9 Å². The van der Waals surface area contributed by atoms with Crippen LogP contribution in [0.15, 0.2) is 0 Å². The predicted octanol–water partition coefficient (Wildman–Crippen LogP) is 0.678. The van der Waals surface area contributed by atoms with Crippen LogP contribution in [0.5, 0.6) is 0 Å². The molecule has 1 unspecified atom stereocenters. The Hall–Kier alpha value is -0.820. The summed E-state index contributed by atoms with van der Waals surface area (Å²) in [6.07, 6.45) is 0.153. The van der Waals surface area contributed by atoms with Gasteiger partial charge in [0.05, 0.1) is 11.5 Å². The average molecular weight is 292 g/mol. The molecule has 1 heterocycles. The van der Waals surface area contributed by atoms with Crippen LogP contribution in [0, 0.1) is 0 Å². The summed E-state index contributed by atoms with van der Waals surface area (Å²) in [7, 11) is -2.91. The maximum absolute atomic E-state index is 11.4. The molecule has 0 saturated carbocycles. The van der Waals surface area contributed by atoms with Gasteiger partial charge in [0, 0.05) is 18.6 Å². The summed E-state index contributed by atoms with van der Waals surface area (Å²) < 4.78 is 27.9. The molecule has 1 aliphatic heterocycles. The van der Waals surface area contributed by atoms with Gasteiger partial charge in [-0.1, -0.05) is 0 Å². The third kappa shape index (κ3) is 6.24. The number of alkyl carbamates (subject to hydrolysis) is 1. The van der Waals surface area contributed by atoms with E-state index in [2.05, 4.69) is 10.6 Å². The Morgan fingerprint density at radius 2 is 1.95 bits per heavy atom. The van der Waals surface area contributed by atoms with Crippen LogP contribution in [-0.4, -0.2) is 50.2 Å². The summed E-state index contributed by atoms with van der Waals surface area (Å²) in [5, 5.41) is 5.81. The van der Waals surface area contributed by atoms with Gasteiger partial charge >= 0.3 is 6.09 Å². The van der Waals surface area contributed by atoms with Crippen molar-refractivity contribution in [3.63, 3.8) is 0 Å². The van der Waals surface area contributed by atoms with E-state index in [9.17, 15) is 13.2 Å². The van der Waals surface area contributed by atoms with Crippen LogP contribution < -0.4 is 10.6 Å². The lowest BCUT2D eigenvalue weighted by atomic mass is 10.0. The standard InChI is InChI=1S/C12H24N2O4S/c1-11(2,3)18-10(15)13-6-7-14-12(4)5-8-19(16,17)9-12/h14H,5-9H2,1-4H3,(H,13,15). The normalized spacial score (nSPS) is 26.1. The van der Waals surface area contributed by atoms with Crippen LogP contribution in [0.1, 0.15) is 34.1 Å². The van der Waals surface area contributed by atoms with Crippen LogP contribution in [0.3, 0.4) is 0 Å². The van der Waals surface area contributed by atoms with E-state index >= 15 is 0 Å². The highest BCUT2D eigenvalue weighted by Crippen LogP contribution is 2.22. The number of sulfone groups is 1. The molecule has 0 radical (unpaired) electrons. The van der Waals surface area contributed by atoms with Gasteiger partial charge in [-0.05, 0) is 34.1 Å². The van der Waals surface area contributed by atoms with Crippen molar-refractivity contribution in [3.8, 4) is 0 Å². The van der Waals surface area contributed by atoms with Gasteiger partial charge in [0.2, 0.25) is 0 Å². The number of rotatable bonds is 4. The Kier molecular flexibility index (Phi) is 4.84. The van der Waals surface area contributed by atoms with E-state index in [-0.39, 0.29) is 17.0 Å². The number of amides is 1. The minimum atomic E-state index is -2.91. The second kappa shape index (κ2) is 5.66. The molecule has 0 aromatic heterocycles. The van der Waals surface area contributed by atoms with E-state index in [0.717, 1.165) is 0 Å². The molecule has 1 amide bonds. The summed E-state index contributed by atoms with van der Waals surface area (Å²) in [5.41, 5.74) is -0.891. The molecule has 1 fully saturated rings. The van der Waals surface area contributed by atoms with E-state index in [4.69, 9.17) is 4.74 Å². The van der Waals surface area contributed by atoms with Crippen LogP contribution in [-0.2, 0) is 14.6 Å². The summed E-state index contributed by atoms with van der Waals surface area (Å²) in [6.45, 7) is 8.22. The fourth-order valence-electron chi connectivity index (χ4n) is 1.99. The molecule has 1 aliphatic rings. The molecule has 112 valence electrons. The zero-order valence-electron chi connectivity index (χ0n) is 12.1. The van der Waals surface area contributed by atoms with E-state index in [1.807, 2.05) is 6.92 Å². The molecular formula is C12H24N2O4S. The lowest BCUT2D eigenvalue weighted by Crippen LogP contribution is -2.47. The Labute approximate surface area is 115 Å². The van der Waals surface area contributed by atoms with Crippen LogP contribution in [0.4, 0.5) is 4.79 Å². The lowest BCUT2D eigenvalue weighted by Gasteiger charge is -2.24. The van der Waals surface area contributed by atoms with Crippen LogP contribution in [0.25, 0.3) is 0 Å². The second-order valence-corrected chi connectivity index (χ2v) is 8.44. The number of hydrogen-bond donors (Lipinski definition) is 2. The van der Waals surface area contributed by atoms with Gasteiger partial charge in [0.1, 0.15) is 5.60 Å². The number of carbonyl (C=O) groups excluding carboxylic acids is 1. The van der Waals surface area contributed by atoms with Crippen LogP contribution >= 0.6 is 0 Å². The zero-order valence-corrected chi connectivity index (χ0v) is 12.9. The summed E-state index contributed by atoms with van der Waals surface area (Å²) in [6, 6.07) is 0. The fraction of sp³-hybridized carbons (Fsp3) is 0.917. The lowest BCUT2D eigenvalue weighted by molar-refractivity contribution is 0.0527. The van der Waals surface area contributed by atoms with Crippen LogP contribution in [0.2, 0.25) is 0 Å². The minimum Gasteiger partial charge on any atom is -0.444 e. The fourth-order valence-corrected chi connectivity index (χ4v) is 4.12. The largest absolute Gasteiger partial charge is 0.444 e. The van der Waals surface area contributed by atoms with Crippen molar-refractivity contribution in [1.82, 2.24) is 10.6 Å². The van der Waals surface area contributed by atoms with Crippen molar-refractivity contribution in [2.45, 2.75) is 45.3 Å². The van der Waals surface area contributed by atoms with E-state index in [1.165, 1.54) is 0 Å². The van der Waals surface area contributed by atoms with Crippen molar-refractivity contribution in [2.75, 3.05) is 24.6 Å². The third-order valence-corrected chi connectivity index (χ3v) is 4.75. The molecular weight excluding hydrogens is 268 g/mol. The van der Waals surface area contributed by atoms with Gasteiger partial charge in [-0.15, -0.1) is 0 Å². The molecule has 1 saturated heterocycles. The minimum absolute atomic E-state index is 0.159. The first-order chi connectivity index (χ1) is 8.52. The molecule has 0 spiro atoms. The Bertz CT molecular complexity index is 428. The Morgan fingerprint density at radius 3 is 2.42 bits per heavy atom. The molecule has 6 nitrogen and oxygen atoms in total. The maximum atomic E-state index is 11.4. The predicted molar refractivity (Wildman–Crippen MR) is 73.9 cm³/mol. The Morgan fingerprint density at radius 1 is 1.32 bits per heavy atom. The average Bonchev–Trinajstić information content (AvgIpc) is 2.46. The van der Waals surface area contributed by atoms with Gasteiger partial charge in [-0.2, -0.15) is 0 Å². The van der Waals surface area contributed by atoms with Crippen molar-refractivity contribution in [1.29, 1.82) is 0 Å². The third-order valence-electron chi connectivity index (χ3n) is 2.85. The second-order valence-electron chi connectivity index (χ2n) is 6.26. The molecule has 0 aliphatic carbocycles. The van der Waals surface area contributed by atoms with Gasteiger partial charge in [-0.3, -0.25) is 0 Å². The molecule has 0 bridgehead atoms. The van der Waals surface area contributed by atoms with E-state index < -0.39 is 21.5 Å². The quantitative estimate of drug-likeness (QED) is 0.744. The first-order valence-electron chi connectivity index (χ1n) is 6.44. The SMILES string of the molecule is CC1(NCCNC(=O)OC(C)(C)C)CCS(=O)(=O)C1. The highest BCUT2D eigenvalue weighted by molar-refractivity contribution is 7.91. The molecule has 1 rings (SSSR count). The first kappa shape index (κ1) is 16.2. The van der Waals surface area contributed by atoms with Gasteiger partial charge < -0.3 is 15.4 Å². The topological polar surface area (TPSA) is 84.5 Å². The molecule has 0 aromatic rings. The molecule has 1 atom stereocenters. The molecule has 7 heteroatoms. The summed E-state index contributed by atoms with van der Waals surface area (Å²) in [5.74, 6) is 0.391.